The van der Waals surface area contributed by atoms with Gasteiger partial charge < -0.3 is 14.2 Å². The van der Waals surface area contributed by atoms with E-state index in [1.807, 2.05) is 30.9 Å². The van der Waals surface area contributed by atoms with E-state index in [0.717, 1.165) is 74.5 Å². The van der Waals surface area contributed by atoms with Gasteiger partial charge in [0.25, 0.3) is 0 Å². The van der Waals surface area contributed by atoms with E-state index in [9.17, 15) is 9.18 Å². The van der Waals surface area contributed by atoms with Crippen molar-refractivity contribution in [2.75, 3.05) is 32.8 Å². The molecule has 1 amide bonds. The number of aryl methyl sites for hydroxylation is 2. The second kappa shape index (κ2) is 10.6. The smallest absolute Gasteiger partial charge is 0.227 e. The van der Waals surface area contributed by atoms with Crippen molar-refractivity contribution >= 4 is 5.91 Å². The molecule has 7 heteroatoms. The van der Waals surface area contributed by atoms with Crippen LogP contribution in [-0.4, -0.2) is 59.8 Å². The van der Waals surface area contributed by atoms with E-state index in [0.29, 0.717) is 25.4 Å². The van der Waals surface area contributed by atoms with Gasteiger partial charge in [0, 0.05) is 37.4 Å². The minimum Gasteiger partial charge on any atom is -0.376 e. The number of likely N-dealkylation sites (tertiary alicyclic amines) is 1. The molecule has 2 aliphatic heterocycles. The van der Waals surface area contributed by atoms with Gasteiger partial charge >= 0.3 is 0 Å². The maximum Gasteiger partial charge on any atom is 0.227 e. The number of amides is 1. The van der Waals surface area contributed by atoms with Crippen molar-refractivity contribution in [1.82, 2.24) is 15.0 Å². The molecule has 1 atom stereocenters. The molecule has 2 aliphatic rings. The number of piperidine rings is 1. The van der Waals surface area contributed by atoms with Gasteiger partial charge in [-0.05, 0) is 64.6 Å². The number of aromatic nitrogens is 1. The number of hydrogen-bond acceptors (Lipinski definition) is 5. The van der Waals surface area contributed by atoms with Crippen molar-refractivity contribution in [3.05, 3.63) is 52.7 Å². The Balaban J connectivity index is 1.34. The van der Waals surface area contributed by atoms with Crippen LogP contribution in [0.1, 0.15) is 48.3 Å². The molecule has 0 bridgehead atoms. The van der Waals surface area contributed by atoms with Crippen molar-refractivity contribution in [3.8, 4) is 0 Å². The molecule has 1 aromatic carbocycles. The van der Waals surface area contributed by atoms with Gasteiger partial charge in [0.1, 0.15) is 11.6 Å². The van der Waals surface area contributed by atoms with Crippen molar-refractivity contribution in [1.29, 1.82) is 0 Å². The molecule has 6 nitrogen and oxygen atoms in total. The number of benzene rings is 1. The lowest BCUT2D eigenvalue weighted by Gasteiger charge is -2.35. The second-order valence-electron chi connectivity index (χ2n) is 9.22. The summed E-state index contributed by atoms with van der Waals surface area (Å²) < 4.78 is 25.1. The van der Waals surface area contributed by atoms with Crippen LogP contribution in [0.3, 0.4) is 0 Å². The zero-order valence-electron chi connectivity index (χ0n) is 19.2. The fraction of sp³-hybridized carbons (Fsp3) is 0.600. The second-order valence-corrected chi connectivity index (χ2v) is 9.22. The average Bonchev–Trinajstić information content (AvgIpc) is 3.41. The molecule has 0 saturated carbocycles. The summed E-state index contributed by atoms with van der Waals surface area (Å²) >= 11 is 0. The van der Waals surface area contributed by atoms with Crippen LogP contribution in [0.15, 0.2) is 28.8 Å². The lowest BCUT2D eigenvalue weighted by molar-refractivity contribution is -0.133. The van der Waals surface area contributed by atoms with E-state index in [4.69, 9.17) is 9.26 Å². The Bertz CT molecular complexity index is 882. The maximum atomic E-state index is 14.0. The van der Waals surface area contributed by atoms with Gasteiger partial charge in [-0.3, -0.25) is 9.69 Å². The molecule has 0 spiro atoms. The van der Waals surface area contributed by atoms with E-state index < -0.39 is 0 Å². The highest BCUT2D eigenvalue weighted by Gasteiger charge is 2.28. The standard InChI is InChI=1S/C25H34FN3O3/c1-18-23(19(2)32-27-18)14-25(30)29(17-22-7-5-13-31-22)15-20-9-11-28(12-10-20)16-21-6-3-4-8-24(21)26/h3-4,6,8,20,22H,5,7,9-17H2,1-2H3/t22-/m0/s1. The molecular weight excluding hydrogens is 409 g/mol. The van der Waals surface area contributed by atoms with E-state index in [-0.39, 0.29) is 17.8 Å². The molecular formula is C25H34FN3O3. The summed E-state index contributed by atoms with van der Waals surface area (Å²) in [6.07, 6.45) is 4.54. The van der Waals surface area contributed by atoms with Crippen molar-refractivity contribution < 1.29 is 18.4 Å². The molecule has 0 N–H and O–H groups in total. The largest absolute Gasteiger partial charge is 0.376 e. The first-order valence-corrected chi connectivity index (χ1v) is 11.8. The van der Waals surface area contributed by atoms with Gasteiger partial charge in [-0.2, -0.15) is 0 Å². The first-order valence-electron chi connectivity index (χ1n) is 11.8. The lowest BCUT2D eigenvalue weighted by Crippen LogP contribution is -2.44. The maximum absolute atomic E-state index is 14.0. The molecule has 2 aromatic rings. The van der Waals surface area contributed by atoms with E-state index in [1.54, 1.807) is 6.07 Å². The topological polar surface area (TPSA) is 58.8 Å². The van der Waals surface area contributed by atoms with Crippen LogP contribution < -0.4 is 0 Å². The van der Waals surface area contributed by atoms with E-state index in [2.05, 4.69) is 10.1 Å². The molecule has 4 rings (SSSR count). The Morgan fingerprint density at radius 1 is 1.19 bits per heavy atom. The lowest BCUT2D eigenvalue weighted by atomic mass is 9.95. The van der Waals surface area contributed by atoms with Gasteiger partial charge in [-0.1, -0.05) is 23.4 Å². The van der Waals surface area contributed by atoms with Gasteiger partial charge in [-0.15, -0.1) is 0 Å². The van der Waals surface area contributed by atoms with Crippen molar-refractivity contribution in [3.63, 3.8) is 0 Å². The molecule has 3 heterocycles. The normalized spacial score (nSPS) is 20.0. The minimum atomic E-state index is -0.137. The van der Waals surface area contributed by atoms with Gasteiger partial charge in [-0.25, -0.2) is 4.39 Å². The third kappa shape index (κ3) is 5.75. The summed E-state index contributed by atoms with van der Waals surface area (Å²) in [7, 11) is 0. The highest BCUT2D eigenvalue weighted by Crippen LogP contribution is 2.23. The Hall–Kier alpha value is -2.25. The fourth-order valence-corrected chi connectivity index (χ4v) is 4.84. The number of halogens is 1. The summed E-state index contributed by atoms with van der Waals surface area (Å²) in [5.74, 6) is 1.14. The van der Waals surface area contributed by atoms with Gasteiger partial charge in [0.2, 0.25) is 5.91 Å². The summed E-state index contributed by atoms with van der Waals surface area (Å²) in [6.45, 7) is 8.41. The van der Waals surface area contributed by atoms with Crippen LogP contribution in [0, 0.1) is 25.6 Å². The highest BCUT2D eigenvalue weighted by molar-refractivity contribution is 5.79. The van der Waals surface area contributed by atoms with Crippen molar-refractivity contribution in [2.45, 2.75) is 58.6 Å². The number of nitrogens with zero attached hydrogens (tertiary/aromatic N) is 3. The Labute approximate surface area is 189 Å². The van der Waals surface area contributed by atoms with E-state index in [1.165, 1.54) is 6.07 Å². The number of rotatable bonds is 8. The summed E-state index contributed by atoms with van der Waals surface area (Å²) in [5, 5.41) is 3.99. The highest BCUT2D eigenvalue weighted by atomic mass is 19.1. The Kier molecular flexibility index (Phi) is 7.58. The zero-order chi connectivity index (χ0) is 22.5. The number of carbonyl (C=O) groups is 1. The first kappa shape index (κ1) is 22.9. The van der Waals surface area contributed by atoms with Crippen molar-refractivity contribution in [2.24, 2.45) is 5.92 Å². The van der Waals surface area contributed by atoms with Crippen LogP contribution in [0.2, 0.25) is 0 Å². The average molecular weight is 444 g/mol. The Morgan fingerprint density at radius 2 is 1.97 bits per heavy atom. The summed E-state index contributed by atoms with van der Waals surface area (Å²) in [5.41, 5.74) is 2.43. The molecule has 174 valence electrons. The molecule has 0 radical (unpaired) electrons. The summed E-state index contributed by atoms with van der Waals surface area (Å²) in [6, 6.07) is 7.00. The van der Waals surface area contributed by atoms with Crippen LogP contribution in [0.4, 0.5) is 4.39 Å². The van der Waals surface area contributed by atoms with Gasteiger partial charge in [0.15, 0.2) is 0 Å². The predicted molar refractivity (Wildman–Crippen MR) is 120 cm³/mol. The summed E-state index contributed by atoms with van der Waals surface area (Å²) in [4.78, 5) is 17.6. The first-order chi connectivity index (χ1) is 15.5. The molecule has 0 aliphatic carbocycles. The molecule has 32 heavy (non-hydrogen) atoms. The SMILES string of the molecule is Cc1noc(C)c1CC(=O)N(CC1CCN(Cc2ccccc2F)CC1)C[C@@H]1CCCO1. The molecule has 2 fully saturated rings. The van der Waals surface area contributed by atoms with Gasteiger partial charge in [0.05, 0.1) is 18.2 Å². The number of ether oxygens (including phenoxy) is 1. The predicted octanol–water partition coefficient (Wildman–Crippen LogP) is 3.89. The number of carbonyl (C=O) groups excluding carboxylic acids is 1. The number of hydrogen-bond donors (Lipinski definition) is 0. The fourth-order valence-electron chi connectivity index (χ4n) is 4.84. The zero-order valence-corrected chi connectivity index (χ0v) is 19.2. The minimum absolute atomic E-state index is 0.115. The van der Waals surface area contributed by atoms with Crippen LogP contribution in [0.5, 0.6) is 0 Å². The molecule has 0 unspecified atom stereocenters. The third-order valence-electron chi connectivity index (χ3n) is 6.85. The Morgan fingerprint density at radius 3 is 2.62 bits per heavy atom. The van der Waals surface area contributed by atoms with Crippen LogP contribution in [-0.2, 0) is 22.5 Å². The van der Waals surface area contributed by atoms with Crippen LogP contribution in [0.25, 0.3) is 0 Å². The third-order valence-corrected chi connectivity index (χ3v) is 6.85. The monoisotopic (exact) mass is 443 g/mol. The molecule has 1 aromatic heterocycles. The van der Waals surface area contributed by atoms with Crippen LogP contribution >= 0.6 is 0 Å². The molecule has 2 saturated heterocycles. The van der Waals surface area contributed by atoms with E-state index >= 15 is 0 Å². The quantitative estimate of drug-likeness (QED) is 0.620.